The minimum absolute atomic E-state index is 0.0669. The van der Waals surface area contributed by atoms with Gasteiger partial charge in [0.25, 0.3) is 0 Å². The largest absolute Gasteiger partial charge is 0.370 e. The number of urea groups is 1. The number of Topliss-reactive ketones (excluding diaryl/α,β-unsaturated/α-hetero) is 1. The lowest BCUT2D eigenvalue weighted by Crippen LogP contribution is -2.62. The lowest BCUT2D eigenvalue weighted by atomic mass is 9.76. The Morgan fingerprint density at radius 3 is 2.39 bits per heavy atom. The summed E-state index contributed by atoms with van der Waals surface area (Å²) >= 11 is 0. The number of carbonyl (C=O) groups excluding carboxylic acids is 2. The van der Waals surface area contributed by atoms with E-state index in [0.29, 0.717) is 32.5 Å². The molecule has 0 radical (unpaired) electrons. The predicted octanol–water partition coefficient (Wildman–Crippen LogP) is 2.68. The van der Waals surface area contributed by atoms with E-state index in [0.717, 1.165) is 42.9 Å². The molecule has 2 aromatic carbocycles. The Morgan fingerprint density at radius 1 is 1.08 bits per heavy atom. The van der Waals surface area contributed by atoms with E-state index >= 15 is 0 Å². The number of guanidine groups is 1. The van der Waals surface area contributed by atoms with Gasteiger partial charge in [0, 0.05) is 19.6 Å². The molecule has 1 saturated carbocycles. The molecule has 2 aromatic rings. The Bertz CT molecular complexity index is 1280. The Morgan fingerprint density at radius 2 is 1.74 bits per heavy atom. The highest BCUT2D eigenvalue weighted by Gasteiger charge is 2.43. The highest BCUT2D eigenvalue weighted by molar-refractivity contribution is 7.89. The van der Waals surface area contributed by atoms with Crippen LogP contribution in [0.15, 0.2) is 47.4 Å². The molecule has 0 bridgehead atoms. The number of nitrogens with one attached hydrogen (secondary N) is 4. The molecule has 4 rings (SSSR count). The molecule has 1 heterocycles. The molecular formula is C27H38N6O4S. The maximum absolute atomic E-state index is 13.7. The molecule has 1 unspecified atom stereocenters. The molecule has 2 fully saturated rings. The van der Waals surface area contributed by atoms with Crippen molar-refractivity contribution in [2.75, 3.05) is 19.6 Å². The number of fused-ring (bicyclic) bond motifs is 1. The van der Waals surface area contributed by atoms with Crippen LogP contribution in [0.25, 0.3) is 10.8 Å². The first-order valence-electron chi connectivity index (χ1n) is 13.3. The van der Waals surface area contributed by atoms with E-state index in [1.54, 1.807) is 19.1 Å². The van der Waals surface area contributed by atoms with E-state index < -0.39 is 27.6 Å². The zero-order valence-corrected chi connectivity index (χ0v) is 22.6. The number of piperidine rings is 1. The molecule has 1 aliphatic carbocycles. The van der Waals surface area contributed by atoms with Crippen molar-refractivity contribution in [2.24, 2.45) is 11.7 Å². The highest BCUT2D eigenvalue weighted by Crippen LogP contribution is 2.31. The first kappa shape index (κ1) is 27.8. The number of hydrogen-bond donors (Lipinski definition) is 5. The monoisotopic (exact) mass is 542 g/mol. The third-order valence-electron chi connectivity index (χ3n) is 7.79. The number of ketones is 1. The smallest absolute Gasteiger partial charge is 0.315 e. The number of sulfonamides is 1. The zero-order chi connectivity index (χ0) is 27.3. The van der Waals surface area contributed by atoms with Crippen LogP contribution in [0.2, 0.25) is 0 Å². The third kappa shape index (κ3) is 6.44. The summed E-state index contributed by atoms with van der Waals surface area (Å²) < 4.78 is 28.9. The molecule has 10 nitrogen and oxygen atoms in total. The van der Waals surface area contributed by atoms with Crippen molar-refractivity contribution in [3.8, 4) is 0 Å². The predicted molar refractivity (Wildman–Crippen MR) is 147 cm³/mol. The highest BCUT2D eigenvalue weighted by atomic mass is 32.2. The van der Waals surface area contributed by atoms with E-state index in [1.807, 2.05) is 29.2 Å². The maximum atomic E-state index is 13.7. The maximum Gasteiger partial charge on any atom is 0.315 e. The Balaban J connectivity index is 1.39. The second kappa shape index (κ2) is 11.7. The van der Waals surface area contributed by atoms with Crippen LogP contribution in [-0.2, 0) is 14.8 Å². The van der Waals surface area contributed by atoms with E-state index in [2.05, 4.69) is 15.4 Å². The summed E-state index contributed by atoms with van der Waals surface area (Å²) in [5, 5.41) is 15.1. The molecule has 0 spiro atoms. The Hall–Kier alpha value is -3.18. The quantitative estimate of drug-likeness (QED) is 0.255. The van der Waals surface area contributed by atoms with Crippen molar-refractivity contribution in [3.05, 3.63) is 42.5 Å². The van der Waals surface area contributed by atoms with Crippen molar-refractivity contribution in [2.45, 2.75) is 68.3 Å². The van der Waals surface area contributed by atoms with Gasteiger partial charge in [-0.2, -0.15) is 0 Å². The van der Waals surface area contributed by atoms with Gasteiger partial charge in [0.2, 0.25) is 10.0 Å². The molecule has 2 amide bonds. The lowest BCUT2D eigenvalue weighted by Gasteiger charge is -2.38. The number of likely N-dealkylation sites (tertiary alicyclic amines) is 1. The SMILES string of the molecule is CC(NS(=O)(=O)c1ccc2ccccc2c1)C(=O)C1(NC(=O)NCC2CCN(C(=N)N)CC2)CCCCC1. The molecule has 38 heavy (non-hydrogen) atoms. The number of nitrogens with two attached hydrogens (primary N) is 1. The summed E-state index contributed by atoms with van der Waals surface area (Å²) in [7, 11) is -3.95. The average Bonchev–Trinajstić information content (AvgIpc) is 2.91. The van der Waals surface area contributed by atoms with Gasteiger partial charge < -0.3 is 21.3 Å². The molecule has 0 aromatic heterocycles. The van der Waals surface area contributed by atoms with E-state index in [9.17, 15) is 18.0 Å². The molecule has 6 N–H and O–H groups in total. The summed E-state index contributed by atoms with van der Waals surface area (Å²) in [6.45, 7) is 3.37. The molecule has 2 aliphatic rings. The van der Waals surface area contributed by atoms with Gasteiger partial charge in [-0.05, 0) is 61.4 Å². The zero-order valence-electron chi connectivity index (χ0n) is 21.8. The Labute approximate surface area is 224 Å². The van der Waals surface area contributed by atoms with Gasteiger partial charge in [-0.3, -0.25) is 10.2 Å². The van der Waals surface area contributed by atoms with Crippen molar-refractivity contribution >= 4 is 38.6 Å². The van der Waals surface area contributed by atoms with Crippen molar-refractivity contribution in [1.29, 1.82) is 5.41 Å². The molecular weight excluding hydrogens is 504 g/mol. The number of nitrogens with zero attached hydrogens (tertiary/aromatic N) is 1. The van der Waals surface area contributed by atoms with Crippen LogP contribution in [0.4, 0.5) is 4.79 Å². The topological polar surface area (TPSA) is 157 Å². The third-order valence-corrected chi connectivity index (χ3v) is 9.33. The van der Waals surface area contributed by atoms with E-state index in [-0.39, 0.29) is 22.6 Å². The summed E-state index contributed by atoms with van der Waals surface area (Å²) in [4.78, 5) is 28.5. The minimum Gasteiger partial charge on any atom is -0.370 e. The summed E-state index contributed by atoms with van der Waals surface area (Å²) in [5.74, 6) is 0.00536. The van der Waals surface area contributed by atoms with E-state index in [1.165, 1.54) is 6.07 Å². The van der Waals surface area contributed by atoms with Crippen LogP contribution in [0, 0.1) is 11.3 Å². The molecule has 1 aliphatic heterocycles. The Kier molecular flexibility index (Phi) is 8.57. The molecule has 1 atom stereocenters. The summed E-state index contributed by atoms with van der Waals surface area (Å²) in [6.07, 6.45) is 5.09. The van der Waals surface area contributed by atoms with E-state index in [4.69, 9.17) is 11.1 Å². The van der Waals surface area contributed by atoms with Crippen molar-refractivity contribution < 1.29 is 18.0 Å². The van der Waals surface area contributed by atoms with Crippen LogP contribution in [0.1, 0.15) is 51.9 Å². The average molecular weight is 543 g/mol. The second-order valence-electron chi connectivity index (χ2n) is 10.5. The van der Waals surface area contributed by atoms with Gasteiger partial charge in [0.1, 0.15) is 5.54 Å². The van der Waals surface area contributed by atoms with Gasteiger partial charge in [-0.15, -0.1) is 0 Å². The number of carbonyl (C=O) groups is 2. The first-order chi connectivity index (χ1) is 18.1. The second-order valence-corrected chi connectivity index (χ2v) is 12.2. The van der Waals surface area contributed by atoms with Crippen LogP contribution in [0.3, 0.4) is 0 Å². The van der Waals surface area contributed by atoms with Gasteiger partial charge in [-0.1, -0.05) is 49.6 Å². The lowest BCUT2D eigenvalue weighted by molar-refractivity contribution is -0.127. The van der Waals surface area contributed by atoms with Crippen LogP contribution < -0.4 is 21.1 Å². The first-order valence-corrected chi connectivity index (χ1v) is 14.8. The van der Waals surface area contributed by atoms with Crippen molar-refractivity contribution in [3.63, 3.8) is 0 Å². The normalized spacial score (nSPS) is 19.0. The number of amides is 2. The standard InChI is InChI=1S/C27H38N6O4S/c1-19(32-38(36,37)23-10-9-21-7-3-4-8-22(21)17-23)24(34)27(13-5-2-6-14-27)31-26(35)30-18-20-11-15-33(16-12-20)25(28)29/h3-4,7-10,17,19-20,32H,2,5-6,11-16,18H2,1H3,(H3,28,29)(H2,30,31,35). The number of hydrogen-bond acceptors (Lipinski definition) is 5. The fourth-order valence-electron chi connectivity index (χ4n) is 5.57. The number of rotatable bonds is 8. The van der Waals surface area contributed by atoms with Crippen molar-refractivity contribution in [1.82, 2.24) is 20.3 Å². The van der Waals surface area contributed by atoms with Crippen LogP contribution in [-0.4, -0.2) is 62.3 Å². The fourth-order valence-corrected chi connectivity index (χ4v) is 6.81. The fraction of sp³-hybridized carbons (Fsp3) is 0.519. The number of benzene rings is 2. The van der Waals surface area contributed by atoms with Crippen LogP contribution >= 0.6 is 0 Å². The minimum atomic E-state index is -3.95. The van der Waals surface area contributed by atoms with Gasteiger partial charge in [0.15, 0.2) is 11.7 Å². The molecule has 11 heteroatoms. The molecule has 1 saturated heterocycles. The van der Waals surface area contributed by atoms with Gasteiger partial charge in [0.05, 0.1) is 10.9 Å². The summed E-state index contributed by atoms with van der Waals surface area (Å²) in [6, 6.07) is 10.9. The van der Waals surface area contributed by atoms with Gasteiger partial charge in [-0.25, -0.2) is 17.9 Å². The van der Waals surface area contributed by atoms with Crippen LogP contribution in [0.5, 0.6) is 0 Å². The molecule has 206 valence electrons. The van der Waals surface area contributed by atoms with Gasteiger partial charge >= 0.3 is 6.03 Å². The summed E-state index contributed by atoms with van der Waals surface area (Å²) in [5.41, 5.74) is 4.43.